The number of para-hydroxylation sites is 1. The maximum Gasteiger partial charge on any atom is 0.197 e. The van der Waals surface area contributed by atoms with Crippen molar-refractivity contribution >= 4 is 26.6 Å². The van der Waals surface area contributed by atoms with E-state index in [4.69, 9.17) is 4.42 Å². The Bertz CT molecular complexity index is 937. The van der Waals surface area contributed by atoms with Crippen LogP contribution in [0.4, 0.5) is 0 Å². The number of carbonyl (C=O) groups excluding carboxylic acids is 1. The quantitative estimate of drug-likeness (QED) is 0.694. The number of hydrogen-bond donors (Lipinski definition) is 0. The van der Waals surface area contributed by atoms with E-state index >= 15 is 0 Å². The molecule has 0 saturated carbocycles. The summed E-state index contributed by atoms with van der Waals surface area (Å²) in [6, 6.07) is 15.8. The van der Waals surface area contributed by atoms with E-state index in [0.29, 0.717) is 22.1 Å². The Hall–Kier alpha value is -2.40. The van der Waals surface area contributed by atoms with Crippen molar-refractivity contribution in [3.8, 4) is 0 Å². The number of furan rings is 1. The summed E-state index contributed by atoms with van der Waals surface area (Å²) in [6.45, 7) is 0. The number of sulfone groups is 1. The second kappa shape index (κ2) is 5.42. The molecule has 1 heterocycles. The molecule has 2 aromatic carbocycles. The van der Waals surface area contributed by atoms with Crippen molar-refractivity contribution in [2.75, 3.05) is 6.26 Å². The van der Waals surface area contributed by atoms with Crippen molar-refractivity contribution in [3.05, 3.63) is 71.5 Å². The number of carbonyl (C=O) groups is 1. The van der Waals surface area contributed by atoms with Crippen molar-refractivity contribution in [2.45, 2.75) is 5.75 Å². The summed E-state index contributed by atoms with van der Waals surface area (Å²) in [5.41, 5.74) is 1.34. The van der Waals surface area contributed by atoms with E-state index in [9.17, 15) is 13.2 Å². The number of benzene rings is 2. The largest absolute Gasteiger partial charge is 0.459 e. The highest BCUT2D eigenvalue weighted by molar-refractivity contribution is 7.89. The van der Waals surface area contributed by atoms with Crippen molar-refractivity contribution in [1.82, 2.24) is 0 Å². The molecule has 3 aromatic rings. The summed E-state index contributed by atoms with van der Waals surface area (Å²) < 4.78 is 28.9. The fourth-order valence-electron chi connectivity index (χ4n) is 2.42. The molecule has 0 amide bonds. The van der Waals surface area contributed by atoms with Gasteiger partial charge in [0, 0.05) is 17.2 Å². The summed E-state index contributed by atoms with van der Waals surface area (Å²) in [5, 5.41) is 0.634. The second-order valence-electron chi connectivity index (χ2n) is 5.16. The molecule has 5 heteroatoms. The van der Waals surface area contributed by atoms with E-state index in [0.717, 1.165) is 6.26 Å². The monoisotopic (exact) mass is 314 g/mol. The van der Waals surface area contributed by atoms with Gasteiger partial charge in [-0.25, -0.2) is 8.42 Å². The molecular formula is C17H14O4S. The smallest absolute Gasteiger partial charge is 0.197 e. The van der Waals surface area contributed by atoms with Crippen LogP contribution in [-0.2, 0) is 15.6 Å². The highest BCUT2D eigenvalue weighted by Crippen LogP contribution is 2.29. The number of ketones is 1. The van der Waals surface area contributed by atoms with Crippen LogP contribution in [0.2, 0.25) is 0 Å². The second-order valence-corrected chi connectivity index (χ2v) is 7.30. The number of fused-ring (bicyclic) bond motifs is 1. The van der Waals surface area contributed by atoms with Gasteiger partial charge in [0.15, 0.2) is 15.6 Å². The predicted octanol–water partition coefficient (Wildman–Crippen LogP) is 3.21. The summed E-state index contributed by atoms with van der Waals surface area (Å²) >= 11 is 0. The molecule has 4 nitrogen and oxygen atoms in total. The van der Waals surface area contributed by atoms with Crippen molar-refractivity contribution < 1.29 is 17.6 Å². The molecule has 0 radical (unpaired) electrons. The lowest BCUT2D eigenvalue weighted by Gasteiger charge is -2.02. The third kappa shape index (κ3) is 2.80. The van der Waals surface area contributed by atoms with E-state index in [1.165, 1.54) is 0 Å². The van der Waals surface area contributed by atoms with Crippen molar-refractivity contribution in [1.29, 1.82) is 0 Å². The van der Waals surface area contributed by atoms with E-state index in [-0.39, 0.29) is 17.3 Å². The van der Waals surface area contributed by atoms with Gasteiger partial charge in [-0.1, -0.05) is 48.5 Å². The SMILES string of the molecule is CS(=O)(=O)Cc1oc2ccccc2c1C(=O)c1ccccc1. The van der Waals surface area contributed by atoms with Gasteiger partial charge in [-0.15, -0.1) is 0 Å². The molecule has 0 atom stereocenters. The van der Waals surface area contributed by atoms with E-state index in [1.54, 1.807) is 48.5 Å². The Balaban J connectivity index is 2.22. The standard InChI is InChI=1S/C17H14O4S/c1-22(19,20)11-15-16(13-9-5-6-10-14(13)21-15)17(18)12-7-3-2-4-8-12/h2-10H,11H2,1H3. The fraction of sp³-hybridized carbons (Fsp3) is 0.118. The van der Waals surface area contributed by atoms with Gasteiger partial charge >= 0.3 is 0 Å². The van der Waals surface area contributed by atoms with Crippen LogP contribution in [-0.4, -0.2) is 20.5 Å². The summed E-state index contributed by atoms with van der Waals surface area (Å²) in [5.74, 6) is -0.336. The van der Waals surface area contributed by atoms with Gasteiger partial charge in [0.25, 0.3) is 0 Å². The van der Waals surface area contributed by atoms with E-state index < -0.39 is 9.84 Å². The van der Waals surface area contributed by atoms with Crippen molar-refractivity contribution in [2.24, 2.45) is 0 Å². The van der Waals surface area contributed by atoms with Crippen LogP contribution in [0.5, 0.6) is 0 Å². The first kappa shape index (κ1) is 14.5. The van der Waals surface area contributed by atoms with Gasteiger partial charge in [-0.05, 0) is 6.07 Å². The van der Waals surface area contributed by atoms with Crippen LogP contribution < -0.4 is 0 Å². The van der Waals surface area contributed by atoms with Gasteiger partial charge in [0.2, 0.25) is 0 Å². The zero-order valence-electron chi connectivity index (χ0n) is 11.9. The average Bonchev–Trinajstić information content (AvgIpc) is 2.83. The highest BCUT2D eigenvalue weighted by Gasteiger charge is 2.23. The molecule has 0 aliphatic rings. The summed E-state index contributed by atoms with van der Waals surface area (Å²) in [4.78, 5) is 12.8. The van der Waals surface area contributed by atoms with Crippen LogP contribution in [0.15, 0.2) is 59.0 Å². The van der Waals surface area contributed by atoms with Gasteiger partial charge in [0.1, 0.15) is 17.1 Å². The van der Waals surface area contributed by atoms with Gasteiger partial charge in [0.05, 0.1) is 5.56 Å². The summed E-state index contributed by atoms with van der Waals surface area (Å²) in [7, 11) is -3.31. The zero-order chi connectivity index (χ0) is 15.7. The molecule has 0 saturated heterocycles. The predicted molar refractivity (Wildman–Crippen MR) is 84.6 cm³/mol. The Labute approximate surface area is 128 Å². The minimum Gasteiger partial charge on any atom is -0.459 e. The van der Waals surface area contributed by atoms with Gasteiger partial charge < -0.3 is 4.42 Å². The molecular weight excluding hydrogens is 300 g/mol. The van der Waals surface area contributed by atoms with Crippen LogP contribution in [0.25, 0.3) is 11.0 Å². The molecule has 112 valence electrons. The Morgan fingerprint density at radius 1 is 1.00 bits per heavy atom. The summed E-state index contributed by atoms with van der Waals surface area (Å²) in [6.07, 6.45) is 1.12. The minimum atomic E-state index is -3.31. The normalized spacial score (nSPS) is 11.7. The lowest BCUT2D eigenvalue weighted by molar-refractivity contribution is 0.103. The maximum absolute atomic E-state index is 12.8. The Morgan fingerprint density at radius 2 is 1.64 bits per heavy atom. The molecule has 3 rings (SSSR count). The Kier molecular flexibility index (Phi) is 3.58. The van der Waals surface area contributed by atoms with Crippen LogP contribution in [0.3, 0.4) is 0 Å². The molecule has 0 aliphatic heterocycles. The van der Waals surface area contributed by atoms with Gasteiger partial charge in [-0.3, -0.25) is 4.79 Å². The minimum absolute atomic E-state index is 0.192. The van der Waals surface area contributed by atoms with Crippen LogP contribution in [0.1, 0.15) is 21.7 Å². The zero-order valence-corrected chi connectivity index (χ0v) is 12.8. The average molecular weight is 314 g/mol. The lowest BCUT2D eigenvalue weighted by Crippen LogP contribution is -2.07. The number of hydrogen-bond acceptors (Lipinski definition) is 4. The van der Waals surface area contributed by atoms with Crippen LogP contribution in [0, 0.1) is 0 Å². The van der Waals surface area contributed by atoms with Crippen molar-refractivity contribution in [3.63, 3.8) is 0 Å². The molecule has 0 spiro atoms. The molecule has 1 aromatic heterocycles. The van der Waals surface area contributed by atoms with E-state index in [1.807, 2.05) is 6.07 Å². The lowest BCUT2D eigenvalue weighted by atomic mass is 10.0. The molecule has 0 aliphatic carbocycles. The highest BCUT2D eigenvalue weighted by atomic mass is 32.2. The first-order valence-corrected chi connectivity index (χ1v) is 8.79. The van der Waals surface area contributed by atoms with E-state index in [2.05, 4.69) is 0 Å². The molecule has 22 heavy (non-hydrogen) atoms. The maximum atomic E-state index is 12.8. The molecule has 0 fully saturated rings. The first-order chi connectivity index (χ1) is 10.5. The fourth-order valence-corrected chi connectivity index (χ4v) is 3.10. The molecule has 0 unspecified atom stereocenters. The molecule has 0 bridgehead atoms. The first-order valence-electron chi connectivity index (χ1n) is 6.73. The topological polar surface area (TPSA) is 64.3 Å². The third-order valence-corrected chi connectivity index (χ3v) is 4.11. The third-order valence-electron chi connectivity index (χ3n) is 3.32. The number of rotatable bonds is 4. The van der Waals surface area contributed by atoms with Gasteiger partial charge in [-0.2, -0.15) is 0 Å². The van der Waals surface area contributed by atoms with Crippen LogP contribution >= 0.6 is 0 Å². The molecule has 0 N–H and O–H groups in total. The Morgan fingerprint density at radius 3 is 2.32 bits per heavy atom.